The molecule has 3 aromatic rings. The summed E-state index contributed by atoms with van der Waals surface area (Å²) in [6.07, 6.45) is 0. The Bertz CT molecular complexity index is 902. The highest BCUT2D eigenvalue weighted by molar-refractivity contribution is 6.08. The molecule has 0 aromatic heterocycles. The molecule has 4 nitrogen and oxygen atoms in total. The molecule has 0 fully saturated rings. The molecule has 26 heavy (non-hydrogen) atoms. The van der Waals surface area contributed by atoms with E-state index in [0.717, 1.165) is 5.56 Å². The fourth-order valence-corrected chi connectivity index (χ4v) is 2.54. The van der Waals surface area contributed by atoms with Gasteiger partial charge in [0.25, 0.3) is 0 Å². The van der Waals surface area contributed by atoms with E-state index >= 15 is 0 Å². The third-order valence-electron chi connectivity index (χ3n) is 3.81. The Morgan fingerprint density at radius 3 is 2.23 bits per heavy atom. The quantitative estimate of drug-likeness (QED) is 0.671. The average Bonchev–Trinajstić information content (AvgIpc) is 2.67. The molecule has 1 N–H and O–H groups in total. The molecule has 0 saturated heterocycles. The van der Waals surface area contributed by atoms with E-state index in [9.17, 15) is 9.59 Å². The lowest BCUT2D eigenvalue weighted by Crippen LogP contribution is -2.05. The second-order valence-corrected chi connectivity index (χ2v) is 5.89. The summed E-state index contributed by atoms with van der Waals surface area (Å²) >= 11 is 0. The number of ketones is 1. The summed E-state index contributed by atoms with van der Waals surface area (Å²) in [5, 5.41) is 2.72. The van der Waals surface area contributed by atoms with Crippen LogP contribution in [0.1, 0.15) is 28.4 Å². The molecule has 3 rings (SSSR count). The Balaban J connectivity index is 1.63. The van der Waals surface area contributed by atoms with E-state index in [4.69, 9.17) is 4.74 Å². The van der Waals surface area contributed by atoms with Gasteiger partial charge in [0.05, 0.1) is 0 Å². The van der Waals surface area contributed by atoms with Crippen LogP contribution in [0.15, 0.2) is 78.9 Å². The van der Waals surface area contributed by atoms with E-state index in [1.165, 1.54) is 6.92 Å². The zero-order valence-electron chi connectivity index (χ0n) is 14.4. The van der Waals surface area contributed by atoms with Crippen LogP contribution in [-0.4, -0.2) is 11.7 Å². The smallest absolute Gasteiger partial charge is 0.221 e. The maximum absolute atomic E-state index is 12.4. The first kappa shape index (κ1) is 17.4. The van der Waals surface area contributed by atoms with Crippen molar-refractivity contribution in [3.05, 3.63) is 95.6 Å². The fourth-order valence-electron chi connectivity index (χ4n) is 2.54. The molecule has 0 aliphatic rings. The van der Waals surface area contributed by atoms with Gasteiger partial charge >= 0.3 is 0 Å². The van der Waals surface area contributed by atoms with Gasteiger partial charge in [0, 0.05) is 29.8 Å². The van der Waals surface area contributed by atoms with E-state index in [1.54, 1.807) is 24.3 Å². The third-order valence-corrected chi connectivity index (χ3v) is 3.81. The van der Waals surface area contributed by atoms with Crippen molar-refractivity contribution in [3.63, 3.8) is 0 Å². The molecule has 0 aliphatic heterocycles. The summed E-state index contributed by atoms with van der Waals surface area (Å²) in [5.74, 6) is 0.544. The number of hydrogen-bond acceptors (Lipinski definition) is 3. The summed E-state index contributed by atoms with van der Waals surface area (Å²) in [5.41, 5.74) is 2.97. The highest BCUT2D eigenvalue weighted by Crippen LogP contribution is 2.19. The minimum Gasteiger partial charge on any atom is -0.489 e. The van der Waals surface area contributed by atoms with Crippen LogP contribution in [0.2, 0.25) is 0 Å². The van der Waals surface area contributed by atoms with Crippen molar-refractivity contribution in [1.29, 1.82) is 0 Å². The Labute approximate surface area is 152 Å². The van der Waals surface area contributed by atoms with Crippen molar-refractivity contribution in [2.24, 2.45) is 0 Å². The van der Waals surface area contributed by atoms with Gasteiger partial charge in [0.15, 0.2) is 5.78 Å². The van der Waals surface area contributed by atoms with Crippen LogP contribution in [-0.2, 0) is 11.4 Å². The van der Waals surface area contributed by atoms with Crippen molar-refractivity contribution in [2.45, 2.75) is 13.5 Å². The molecule has 0 spiro atoms. The Hall–Kier alpha value is -3.40. The molecule has 1 amide bonds. The van der Waals surface area contributed by atoms with E-state index in [-0.39, 0.29) is 11.7 Å². The second-order valence-electron chi connectivity index (χ2n) is 5.89. The minimum absolute atomic E-state index is 0.000997. The Morgan fingerprint density at radius 2 is 1.54 bits per heavy atom. The molecule has 3 aromatic carbocycles. The van der Waals surface area contributed by atoms with Crippen LogP contribution >= 0.6 is 0 Å². The van der Waals surface area contributed by atoms with Gasteiger partial charge in [-0.1, -0.05) is 60.7 Å². The van der Waals surface area contributed by atoms with E-state index in [1.807, 2.05) is 54.6 Å². The predicted octanol–water partition coefficient (Wildman–Crippen LogP) is 4.46. The van der Waals surface area contributed by atoms with Crippen molar-refractivity contribution >= 4 is 17.4 Å². The molecular weight excluding hydrogens is 326 g/mol. The second kappa shape index (κ2) is 8.12. The summed E-state index contributed by atoms with van der Waals surface area (Å²) in [6, 6.07) is 23.8. The first-order valence-electron chi connectivity index (χ1n) is 8.31. The third kappa shape index (κ3) is 4.57. The van der Waals surface area contributed by atoms with Gasteiger partial charge in [0.1, 0.15) is 12.4 Å². The molecule has 0 bridgehead atoms. The number of anilines is 1. The number of amides is 1. The van der Waals surface area contributed by atoms with E-state index in [0.29, 0.717) is 29.2 Å². The monoisotopic (exact) mass is 345 g/mol. The number of carbonyl (C=O) groups excluding carboxylic acids is 2. The van der Waals surface area contributed by atoms with Crippen LogP contribution in [0.5, 0.6) is 5.75 Å². The van der Waals surface area contributed by atoms with E-state index in [2.05, 4.69) is 5.32 Å². The molecule has 4 heteroatoms. The first-order valence-corrected chi connectivity index (χ1v) is 8.31. The number of nitrogens with one attached hydrogen (secondary N) is 1. The molecule has 0 unspecified atom stereocenters. The summed E-state index contributed by atoms with van der Waals surface area (Å²) in [4.78, 5) is 23.5. The highest BCUT2D eigenvalue weighted by atomic mass is 16.5. The average molecular weight is 345 g/mol. The van der Waals surface area contributed by atoms with Gasteiger partial charge in [-0.15, -0.1) is 0 Å². The Kier molecular flexibility index (Phi) is 5.44. The van der Waals surface area contributed by atoms with Gasteiger partial charge in [-0.05, 0) is 17.7 Å². The summed E-state index contributed by atoms with van der Waals surface area (Å²) in [6.45, 7) is 1.84. The van der Waals surface area contributed by atoms with Gasteiger partial charge in [-0.2, -0.15) is 0 Å². The van der Waals surface area contributed by atoms with Crippen molar-refractivity contribution < 1.29 is 14.3 Å². The van der Waals surface area contributed by atoms with Gasteiger partial charge < -0.3 is 10.1 Å². The zero-order valence-corrected chi connectivity index (χ0v) is 14.4. The molecular formula is C22H19NO3. The molecule has 0 atom stereocenters. The van der Waals surface area contributed by atoms with E-state index < -0.39 is 0 Å². The lowest BCUT2D eigenvalue weighted by atomic mass is 10.0. The summed E-state index contributed by atoms with van der Waals surface area (Å²) in [7, 11) is 0. The normalized spacial score (nSPS) is 10.2. The topological polar surface area (TPSA) is 55.4 Å². The maximum Gasteiger partial charge on any atom is 0.221 e. The number of ether oxygens (including phenoxy) is 1. The lowest BCUT2D eigenvalue weighted by molar-refractivity contribution is -0.114. The molecule has 130 valence electrons. The molecule has 0 aliphatic carbocycles. The van der Waals surface area contributed by atoms with Gasteiger partial charge in [-0.3, -0.25) is 9.59 Å². The van der Waals surface area contributed by atoms with Gasteiger partial charge in [0.2, 0.25) is 5.91 Å². The first-order chi connectivity index (χ1) is 12.6. The highest BCUT2D eigenvalue weighted by Gasteiger charge is 2.08. The lowest BCUT2D eigenvalue weighted by Gasteiger charge is -2.09. The molecule has 0 radical (unpaired) electrons. The van der Waals surface area contributed by atoms with Crippen molar-refractivity contribution in [1.82, 2.24) is 0 Å². The zero-order chi connectivity index (χ0) is 18.4. The standard InChI is InChI=1S/C22H19NO3/c1-16(24)23-20-8-5-9-21(14-20)26-15-17-10-12-19(13-11-17)22(25)18-6-3-2-4-7-18/h2-14H,15H2,1H3,(H,23,24). The maximum atomic E-state index is 12.4. The van der Waals surface area contributed by atoms with Gasteiger partial charge in [-0.25, -0.2) is 0 Å². The largest absolute Gasteiger partial charge is 0.489 e. The minimum atomic E-state index is -0.124. The van der Waals surface area contributed by atoms with Crippen LogP contribution in [0.25, 0.3) is 0 Å². The number of hydrogen-bond donors (Lipinski definition) is 1. The van der Waals surface area contributed by atoms with Crippen LogP contribution in [0, 0.1) is 0 Å². The SMILES string of the molecule is CC(=O)Nc1cccc(OCc2ccc(C(=O)c3ccccc3)cc2)c1. The van der Waals surface area contributed by atoms with Crippen molar-refractivity contribution in [3.8, 4) is 5.75 Å². The Morgan fingerprint density at radius 1 is 0.846 bits per heavy atom. The molecule has 0 saturated carbocycles. The predicted molar refractivity (Wildman–Crippen MR) is 101 cm³/mol. The van der Waals surface area contributed by atoms with Crippen LogP contribution in [0.4, 0.5) is 5.69 Å². The van der Waals surface area contributed by atoms with Crippen LogP contribution in [0.3, 0.4) is 0 Å². The van der Waals surface area contributed by atoms with Crippen molar-refractivity contribution in [2.75, 3.05) is 5.32 Å². The van der Waals surface area contributed by atoms with Crippen LogP contribution < -0.4 is 10.1 Å². The molecule has 0 heterocycles. The number of rotatable bonds is 6. The number of benzene rings is 3. The number of carbonyl (C=O) groups is 2. The fraction of sp³-hybridized carbons (Fsp3) is 0.0909. The summed E-state index contributed by atoms with van der Waals surface area (Å²) < 4.78 is 5.76.